The molecule has 0 saturated heterocycles. The number of aromatic nitrogens is 2. The predicted molar refractivity (Wildman–Crippen MR) is 126 cm³/mol. The first kappa shape index (κ1) is 24.2. The van der Waals surface area contributed by atoms with Crippen LogP contribution in [0.15, 0.2) is 34.1 Å². The molecule has 4 rings (SSSR count). The summed E-state index contributed by atoms with van der Waals surface area (Å²) in [5, 5.41) is 16.2. The van der Waals surface area contributed by atoms with Crippen LogP contribution in [0.4, 0.5) is 25.8 Å². The number of pyridine rings is 2. The zero-order valence-electron chi connectivity index (χ0n) is 19.5. The van der Waals surface area contributed by atoms with Crippen molar-refractivity contribution in [3.8, 4) is 5.75 Å². The number of hydrogen-bond donors (Lipinski definition) is 3. The Kier molecular flexibility index (Phi) is 6.27. The summed E-state index contributed by atoms with van der Waals surface area (Å²) < 4.78 is 28.8. The quantitative estimate of drug-likeness (QED) is 0.436. The van der Waals surface area contributed by atoms with Crippen molar-refractivity contribution in [2.45, 2.75) is 38.6 Å². The number of anilines is 3. The van der Waals surface area contributed by atoms with Crippen LogP contribution in [-0.2, 0) is 0 Å². The molecule has 1 fully saturated rings. The zero-order chi connectivity index (χ0) is 25.5. The molecule has 1 amide bonds. The topological polar surface area (TPSA) is 125 Å². The number of carbonyl (C=O) groups is 1. The van der Waals surface area contributed by atoms with Gasteiger partial charge in [0.25, 0.3) is 16.8 Å². The van der Waals surface area contributed by atoms with Gasteiger partial charge in [0.15, 0.2) is 23.1 Å². The van der Waals surface area contributed by atoms with Crippen LogP contribution in [0, 0.1) is 17.0 Å². The maximum absolute atomic E-state index is 14.8. The van der Waals surface area contributed by atoms with Gasteiger partial charge in [-0.05, 0) is 30.4 Å². The monoisotopic (exact) mass is 485 g/mol. The van der Waals surface area contributed by atoms with Gasteiger partial charge in [0.05, 0.1) is 11.7 Å². The number of nitrogens with one attached hydrogen (secondary N) is 2. The molecule has 1 saturated carbocycles. The summed E-state index contributed by atoms with van der Waals surface area (Å²) in [6, 6.07) is 1.36. The number of aromatic hydroxyl groups is 1. The molecule has 0 spiro atoms. The maximum Gasteiger partial charge on any atom is 0.275 e. The van der Waals surface area contributed by atoms with Gasteiger partial charge in [0.1, 0.15) is 17.1 Å². The van der Waals surface area contributed by atoms with E-state index >= 15 is 0 Å². The van der Waals surface area contributed by atoms with Crippen LogP contribution in [0.25, 0.3) is 0 Å². The van der Waals surface area contributed by atoms with E-state index < -0.39 is 45.6 Å². The normalized spacial score (nSPS) is 15.7. The molecule has 184 valence electrons. The zero-order valence-corrected chi connectivity index (χ0v) is 19.5. The molecule has 1 aliphatic rings. The average molecular weight is 485 g/mol. The van der Waals surface area contributed by atoms with Crippen molar-refractivity contribution >= 4 is 23.0 Å². The van der Waals surface area contributed by atoms with Crippen molar-refractivity contribution in [2.75, 3.05) is 24.7 Å². The fourth-order valence-electron chi connectivity index (χ4n) is 4.53. The van der Waals surface area contributed by atoms with Crippen molar-refractivity contribution in [3.63, 3.8) is 0 Å². The minimum atomic E-state index is -1.12. The van der Waals surface area contributed by atoms with Gasteiger partial charge in [-0.3, -0.25) is 19.4 Å². The fourth-order valence-corrected chi connectivity index (χ4v) is 4.53. The fraction of sp³-hybridized carbons (Fsp3) is 0.375. The Morgan fingerprint density at radius 1 is 1.09 bits per heavy atom. The molecular formula is C24H25F2N5O4. The number of amides is 1. The Morgan fingerprint density at radius 2 is 1.71 bits per heavy atom. The minimum absolute atomic E-state index is 0.0148. The lowest BCUT2D eigenvalue weighted by Crippen LogP contribution is -2.40. The highest BCUT2D eigenvalue weighted by molar-refractivity contribution is 5.97. The highest BCUT2D eigenvalue weighted by atomic mass is 19.2. The predicted octanol–water partition coefficient (Wildman–Crippen LogP) is 3.24. The molecule has 2 heterocycles. The molecule has 0 unspecified atom stereocenters. The molecule has 0 bridgehead atoms. The molecule has 35 heavy (non-hydrogen) atoms. The Morgan fingerprint density at radius 3 is 2.37 bits per heavy atom. The van der Waals surface area contributed by atoms with Crippen molar-refractivity contribution in [1.82, 2.24) is 14.9 Å². The lowest BCUT2D eigenvalue weighted by Gasteiger charge is -2.35. The van der Waals surface area contributed by atoms with Crippen LogP contribution in [0.5, 0.6) is 5.75 Å². The number of nitrogens with zero attached hydrogens (tertiary/aromatic N) is 3. The van der Waals surface area contributed by atoms with Gasteiger partial charge in [0, 0.05) is 26.5 Å². The summed E-state index contributed by atoms with van der Waals surface area (Å²) in [7, 11) is 2.98. The molecule has 2 aromatic heterocycles. The molecule has 3 N–H and O–H groups in total. The van der Waals surface area contributed by atoms with E-state index in [1.165, 1.54) is 31.3 Å². The summed E-state index contributed by atoms with van der Waals surface area (Å²) in [4.78, 5) is 46.4. The summed E-state index contributed by atoms with van der Waals surface area (Å²) in [6.07, 6.45) is 5.53. The molecule has 1 aliphatic carbocycles. The van der Waals surface area contributed by atoms with Gasteiger partial charge in [-0.1, -0.05) is 19.8 Å². The minimum Gasteiger partial charge on any atom is -0.504 e. The third-order valence-electron chi connectivity index (χ3n) is 6.58. The van der Waals surface area contributed by atoms with E-state index in [9.17, 15) is 28.3 Å². The third kappa shape index (κ3) is 4.22. The van der Waals surface area contributed by atoms with E-state index in [2.05, 4.69) is 20.6 Å². The van der Waals surface area contributed by atoms with Crippen LogP contribution < -0.4 is 21.5 Å². The van der Waals surface area contributed by atoms with Gasteiger partial charge >= 0.3 is 0 Å². The van der Waals surface area contributed by atoms with E-state index in [4.69, 9.17) is 0 Å². The van der Waals surface area contributed by atoms with Crippen molar-refractivity contribution in [1.29, 1.82) is 0 Å². The van der Waals surface area contributed by atoms with Crippen LogP contribution in [-0.4, -0.2) is 40.0 Å². The largest absolute Gasteiger partial charge is 0.504 e. The molecular weight excluding hydrogens is 460 g/mol. The average Bonchev–Trinajstić information content (AvgIpc) is 3.28. The maximum atomic E-state index is 14.8. The number of carbonyl (C=O) groups excluding carboxylic acids is 1. The highest BCUT2D eigenvalue weighted by Crippen LogP contribution is 2.49. The van der Waals surface area contributed by atoms with Gasteiger partial charge in [-0.15, -0.1) is 0 Å². The summed E-state index contributed by atoms with van der Waals surface area (Å²) in [5.41, 5.74) is -2.98. The van der Waals surface area contributed by atoms with Gasteiger partial charge in [-0.25, -0.2) is 13.8 Å². The van der Waals surface area contributed by atoms with E-state index in [-0.39, 0.29) is 28.5 Å². The van der Waals surface area contributed by atoms with Gasteiger partial charge in [-0.2, -0.15) is 0 Å². The molecule has 3 aromatic rings. The first-order valence-corrected chi connectivity index (χ1v) is 11.1. The van der Waals surface area contributed by atoms with Crippen molar-refractivity contribution in [2.24, 2.45) is 5.41 Å². The SMILES string of the molecule is CN(C)C(=O)c1nccc(Nc2c(N[C@@H](c3nccc(F)c3F)C3(C)CCCC3)c(=O)c2=O)c1O. The highest BCUT2D eigenvalue weighted by Gasteiger charge is 2.42. The second-order valence-electron chi connectivity index (χ2n) is 9.22. The number of halogens is 2. The second kappa shape index (κ2) is 9.05. The van der Waals surface area contributed by atoms with E-state index in [1.807, 2.05) is 6.92 Å². The molecule has 1 atom stereocenters. The Balaban J connectivity index is 1.72. The number of hydrogen-bond acceptors (Lipinski definition) is 8. The molecule has 0 radical (unpaired) electrons. The standard InChI is InChI=1S/C24H25F2N5O4/c1-24(8-4-5-9-24)22(15-14(26)12(25)6-10-27-15)30-17-16(20(33)21(17)34)29-13-7-11-28-18(19(13)32)23(35)31(2)3/h6-7,10-11,22,30,32H,4-5,8-9H2,1-3H3,(H,28,29)/t22-/m0/s1. The smallest absolute Gasteiger partial charge is 0.275 e. The molecule has 9 nitrogen and oxygen atoms in total. The van der Waals surface area contributed by atoms with Crippen LogP contribution >= 0.6 is 0 Å². The summed E-state index contributed by atoms with van der Waals surface area (Å²) >= 11 is 0. The van der Waals surface area contributed by atoms with E-state index in [0.29, 0.717) is 12.8 Å². The van der Waals surface area contributed by atoms with E-state index in [0.717, 1.165) is 25.1 Å². The first-order chi connectivity index (χ1) is 16.5. The van der Waals surface area contributed by atoms with Crippen molar-refractivity contribution in [3.05, 3.63) is 68.0 Å². The lowest BCUT2D eigenvalue weighted by atomic mass is 9.78. The Hall–Kier alpha value is -3.89. The summed E-state index contributed by atoms with van der Waals surface area (Å²) in [6.45, 7) is 1.90. The summed E-state index contributed by atoms with van der Waals surface area (Å²) in [5.74, 6) is -3.24. The molecule has 1 aromatic carbocycles. The third-order valence-corrected chi connectivity index (χ3v) is 6.58. The number of rotatable bonds is 7. The van der Waals surface area contributed by atoms with Crippen LogP contribution in [0.3, 0.4) is 0 Å². The Labute approximate surface area is 199 Å². The van der Waals surface area contributed by atoms with E-state index in [1.54, 1.807) is 0 Å². The molecule has 11 heteroatoms. The van der Waals surface area contributed by atoms with Crippen molar-refractivity contribution < 1.29 is 18.7 Å². The first-order valence-electron chi connectivity index (χ1n) is 11.1. The second-order valence-corrected chi connectivity index (χ2v) is 9.22. The lowest BCUT2D eigenvalue weighted by molar-refractivity contribution is 0.0819. The van der Waals surface area contributed by atoms with Crippen LogP contribution in [0.1, 0.15) is 54.8 Å². The Bertz CT molecular complexity index is 1360. The molecule has 0 aliphatic heterocycles. The van der Waals surface area contributed by atoms with Gasteiger partial charge in [0.2, 0.25) is 0 Å². The van der Waals surface area contributed by atoms with Gasteiger partial charge < -0.3 is 20.6 Å². The van der Waals surface area contributed by atoms with Crippen LogP contribution in [0.2, 0.25) is 0 Å².